The smallest absolute Gasteiger partial charge is 0.748 e. The average molecular weight is 1460 g/mol. The Morgan fingerprint density at radius 1 is 0.385 bits per heavy atom. The van der Waals surface area contributed by atoms with E-state index in [0.717, 1.165) is 0 Å². The molecule has 0 unspecified atom stereocenters. The topological polar surface area (TPSA) is 340 Å². The molecule has 2 aromatic rings. The van der Waals surface area contributed by atoms with Crippen molar-refractivity contribution in [2.75, 3.05) is 88.6 Å². The van der Waals surface area contributed by atoms with Crippen LogP contribution in [0.25, 0.3) is 0 Å². The Hall–Kier alpha value is -6.16. The van der Waals surface area contributed by atoms with Crippen LogP contribution in [0.3, 0.4) is 0 Å². The summed E-state index contributed by atoms with van der Waals surface area (Å²) in [5.41, 5.74) is -4.38. The van der Waals surface area contributed by atoms with Crippen LogP contribution in [0.2, 0.25) is 0 Å². The zero-order valence-electron chi connectivity index (χ0n) is 49.5. The Kier molecular flexibility index (Phi) is 14.3. The second-order valence-electron chi connectivity index (χ2n) is 24.7. The Labute approximate surface area is 567 Å². The van der Waals surface area contributed by atoms with Gasteiger partial charge in [-0.1, -0.05) is 31.9 Å². The quantitative estimate of drug-likeness (QED) is 0.0981. The van der Waals surface area contributed by atoms with Crippen LogP contribution in [0.15, 0.2) is 24.3 Å². The van der Waals surface area contributed by atoms with Crippen molar-refractivity contribution in [3.8, 4) is 23.0 Å². The number of rotatable bonds is 16. The summed E-state index contributed by atoms with van der Waals surface area (Å²) in [5.74, 6) is -0.188. The first kappa shape index (κ1) is 62.3. The van der Waals surface area contributed by atoms with E-state index < -0.39 is 167 Å². The van der Waals surface area contributed by atoms with Gasteiger partial charge in [-0.05, 0) is 64.8 Å². The maximum atomic E-state index is 15.6. The average Bonchev–Trinajstić information content (AvgIpc) is 1.50. The van der Waals surface area contributed by atoms with Crippen LogP contribution in [0.4, 0.5) is 38.4 Å². The minimum atomic E-state index is -4.61. The SMILES string of the molecule is CC12N3Cc4c(OCCBr)ccc(OCCBr)c4CN1C(=O)N1CN4C(=O)N5CN6C(=O)N7CN8C(=O)N9Cc%10c(OCCCS(=O)(=O)[O-])ccc(OCCCS(=O)(=O)[O-])c%10CN%10C(=O)N(CN%11C(=O)N(CN%12C(=O)N(CN(C3=O)C12C)C4C%125)C6C%117)C8(C)C%109C.[Ca+2]. The van der Waals surface area contributed by atoms with Gasteiger partial charge in [0.15, 0.2) is 47.3 Å². The number of alkyl halides is 2. The van der Waals surface area contributed by atoms with Gasteiger partial charge in [0.1, 0.15) is 63.0 Å². The molecular weight excluding hydrogens is 1400 g/mol. The van der Waals surface area contributed by atoms with Crippen LogP contribution >= 0.6 is 31.9 Å². The van der Waals surface area contributed by atoms with Crippen molar-refractivity contribution in [2.45, 2.75) is 114 Å². The van der Waals surface area contributed by atoms with Crippen LogP contribution in [-0.4, -0.2) is 326 Å². The summed E-state index contributed by atoms with van der Waals surface area (Å²) in [6.07, 6.45) is -5.21. The van der Waals surface area contributed by atoms with Crippen molar-refractivity contribution in [1.29, 1.82) is 0 Å². The number of carbonyl (C=O) groups is 8. The molecule has 0 aliphatic carbocycles. The number of halogens is 2. The Balaban J connectivity index is 0.00000721. The summed E-state index contributed by atoms with van der Waals surface area (Å²) in [4.78, 5) is 147. The van der Waals surface area contributed by atoms with E-state index >= 15 is 38.4 Å². The summed E-state index contributed by atoms with van der Waals surface area (Å²) in [7, 11) is -9.22. The van der Waals surface area contributed by atoms with Crippen molar-refractivity contribution in [2.24, 2.45) is 0 Å². The monoisotopic (exact) mass is 1460 g/mol. The fourth-order valence-electron chi connectivity index (χ4n) is 16.3. The number of benzene rings is 2. The predicted molar refractivity (Wildman–Crippen MR) is 312 cm³/mol. The number of ether oxygens (including phenoxy) is 4. The van der Waals surface area contributed by atoms with Crippen molar-refractivity contribution in [1.82, 2.24) is 78.4 Å². The number of carbonyl (C=O) groups excluding carboxylic acids is 8. The molecule has 91 heavy (non-hydrogen) atoms. The third kappa shape index (κ3) is 8.19. The first-order valence-corrected chi connectivity index (χ1v) is 34.5. The van der Waals surface area contributed by atoms with Crippen LogP contribution in [0, 0.1) is 0 Å². The van der Waals surface area contributed by atoms with Crippen molar-refractivity contribution in [3.63, 3.8) is 0 Å². The molecule has 34 nitrogen and oxygen atoms in total. The minimum absolute atomic E-state index is 0. The number of nitrogens with zero attached hydrogens (tertiary/aromatic N) is 16. The normalized spacial score (nSPS) is 30.5. The zero-order valence-corrected chi connectivity index (χ0v) is 56.6. The molecule has 13 heterocycles. The first-order chi connectivity index (χ1) is 42.6. The van der Waals surface area contributed by atoms with E-state index in [1.54, 1.807) is 49.6 Å². The summed E-state index contributed by atoms with van der Waals surface area (Å²) >= 11 is 6.87. The number of amides is 16. The molecule has 0 spiro atoms. The van der Waals surface area contributed by atoms with Crippen LogP contribution in [-0.2, 0) is 46.4 Å². The Bertz CT molecular complexity index is 3620. The predicted octanol–water partition coefficient (Wildman–Crippen LogP) is 1.06. The molecular formula is C52H60Br2CaN16O18S2. The van der Waals surface area contributed by atoms with Crippen LogP contribution in [0.5, 0.6) is 23.0 Å². The molecule has 0 saturated carbocycles. The Morgan fingerprint density at radius 2 is 0.604 bits per heavy atom. The van der Waals surface area contributed by atoms with Gasteiger partial charge in [-0.3, -0.25) is 78.4 Å². The largest absolute Gasteiger partial charge is 2.00 e. The summed E-state index contributed by atoms with van der Waals surface area (Å²) in [5, 5.41) is 1.03. The van der Waals surface area contributed by atoms with Gasteiger partial charge in [-0.2, -0.15) is 0 Å². The van der Waals surface area contributed by atoms with Gasteiger partial charge in [0, 0.05) is 44.4 Å². The minimum Gasteiger partial charge on any atom is -0.748 e. The van der Waals surface area contributed by atoms with Gasteiger partial charge < -0.3 is 28.1 Å². The maximum absolute atomic E-state index is 15.6. The number of urea groups is 8. The van der Waals surface area contributed by atoms with Crippen molar-refractivity contribution >= 4 is 138 Å². The van der Waals surface area contributed by atoms with E-state index in [9.17, 15) is 25.9 Å². The van der Waals surface area contributed by atoms with Crippen molar-refractivity contribution < 1.29 is 83.2 Å². The molecule has 0 N–H and O–H groups in total. The first-order valence-electron chi connectivity index (χ1n) is 29.1. The number of hydrogen-bond donors (Lipinski definition) is 0. The molecule has 2 aromatic carbocycles. The van der Waals surface area contributed by atoms with E-state index in [-0.39, 0.29) is 101 Å². The second kappa shape index (κ2) is 20.9. The standard InChI is InChI=1S/C52H62Br2N16O18S2.Ca/c1-49-51(3)67-25-59-39-37-55(41(59)71)23-57-38-40-61(43(57)73)27-69-47(77)65-21-31-32(36(88-16-12-54)10-9-35(31)87-15-11-53)22-66-48(78)70(52(69,4)50(65,66)2)28-62(40)44(74)58(38)24-56(37)42(72)60(39)26-68(51)46(76)64(49)20-30-29(19-63(49)45(67)75)33(85-13-5-17-89(79,80)81)7-8-34(30)86-14-6-18-90(82,83)84;/h7-10,37-40H,5-6,11-28H2,1-4H3,(H,79,80,81)(H,82,83,84);/q;+2/p-2. The van der Waals surface area contributed by atoms with E-state index in [1.165, 1.54) is 80.7 Å². The van der Waals surface area contributed by atoms with E-state index in [1.807, 2.05) is 0 Å². The van der Waals surface area contributed by atoms with Gasteiger partial charge in [0.25, 0.3) is 0 Å². The Morgan fingerprint density at radius 3 is 0.835 bits per heavy atom. The third-order valence-electron chi connectivity index (χ3n) is 20.9. The van der Waals surface area contributed by atoms with Gasteiger partial charge in [-0.15, -0.1) is 0 Å². The van der Waals surface area contributed by atoms with E-state index in [4.69, 9.17) is 18.9 Å². The molecule has 484 valence electrons. The molecule has 15 rings (SSSR count). The zero-order chi connectivity index (χ0) is 63.6. The number of fused-ring (bicyclic) bond motifs is 2. The fourth-order valence-corrected chi connectivity index (χ4v) is 17.6. The molecule has 0 bridgehead atoms. The molecule has 0 radical (unpaired) electrons. The molecule has 13 aliphatic heterocycles. The second-order valence-corrected chi connectivity index (χ2v) is 29.3. The van der Waals surface area contributed by atoms with E-state index in [2.05, 4.69) is 31.9 Å². The number of hydrogen-bond acceptors (Lipinski definition) is 18. The van der Waals surface area contributed by atoms with Gasteiger partial charge >= 0.3 is 86.0 Å². The van der Waals surface area contributed by atoms with Gasteiger partial charge in [-0.25, -0.2) is 55.2 Å². The summed E-state index contributed by atoms with van der Waals surface area (Å²) < 4.78 is 93.7. The summed E-state index contributed by atoms with van der Waals surface area (Å²) in [6.45, 7) is 3.49. The molecule has 0 atom stereocenters. The van der Waals surface area contributed by atoms with Crippen LogP contribution in [0.1, 0.15) is 62.8 Å². The van der Waals surface area contributed by atoms with Gasteiger partial charge in [0.05, 0.1) is 72.8 Å². The van der Waals surface area contributed by atoms with Crippen molar-refractivity contribution in [3.05, 3.63) is 46.5 Å². The molecule has 11 fully saturated rings. The summed E-state index contributed by atoms with van der Waals surface area (Å²) in [6, 6.07) is 1.45. The fraction of sp³-hybridized carbons (Fsp3) is 0.615. The molecule has 39 heteroatoms. The van der Waals surface area contributed by atoms with Gasteiger partial charge in [0.2, 0.25) is 0 Å². The molecule has 0 aromatic heterocycles. The molecule has 11 saturated heterocycles. The van der Waals surface area contributed by atoms with E-state index in [0.29, 0.717) is 57.6 Å². The van der Waals surface area contributed by atoms with Crippen LogP contribution < -0.4 is 18.9 Å². The maximum Gasteiger partial charge on any atom is 2.00 e. The molecule has 16 amide bonds. The molecule has 13 aliphatic rings. The third-order valence-corrected chi connectivity index (χ3v) is 23.1.